The van der Waals surface area contributed by atoms with E-state index in [1.54, 1.807) is 18.2 Å². The summed E-state index contributed by atoms with van der Waals surface area (Å²) in [4.78, 5) is 10.9. The van der Waals surface area contributed by atoms with Gasteiger partial charge in [-0.3, -0.25) is 4.79 Å². The lowest BCUT2D eigenvalue weighted by molar-refractivity contribution is 0.112. The molecule has 0 heterocycles. The lowest BCUT2D eigenvalue weighted by Crippen LogP contribution is -1.94. The van der Waals surface area contributed by atoms with Gasteiger partial charge in [-0.25, -0.2) is 4.39 Å². The van der Waals surface area contributed by atoms with E-state index < -0.39 is 5.82 Å². The number of halogens is 1. The van der Waals surface area contributed by atoms with Crippen molar-refractivity contribution in [1.29, 1.82) is 5.26 Å². The molecule has 0 bridgehead atoms. The first kappa shape index (κ1) is 12.8. The van der Waals surface area contributed by atoms with E-state index >= 15 is 0 Å². The van der Waals surface area contributed by atoms with Crippen molar-refractivity contribution in [3.05, 3.63) is 58.9 Å². The second-order valence-electron chi connectivity index (χ2n) is 3.99. The smallest absolute Gasteiger partial charge is 0.153 e. The minimum absolute atomic E-state index is 0.127. The van der Waals surface area contributed by atoms with Gasteiger partial charge in [-0.1, -0.05) is 6.07 Å². The van der Waals surface area contributed by atoms with E-state index in [4.69, 9.17) is 10.00 Å². The Labute approximate surface area is 109 Å². The largest absolute Gasteiger partial charge is 0.456 e. The van der Waals surface area contributed by atoms with Gasteiger partial charge in [-0.15, -0.1) is 0 Å². The molecule has 3 nitrogen and oxygen atoms in total. The molecule has 0 N–H and O–H groups in total. The van der Waals surface area contributed by atoms with Gasteiger partial charge in [0.05, 0.1) is 17.2 Å². The Hall–Kier alpha value is -2.67. The topological polar surface area (TPSA) is 50.1 Å². The highest BCUT2D eigenvalue weighted by atomic mass is 19.1. The molecule has 0 spiro atoms. The molecule has 2 aromatic carbocycles. The number of aldehydes is 1. The van der Waals surface area contributed by atoms with Crippen molar-refractivity contribution in [3.8, 4) is 17.6 Å². The van der Waals surface area contributed by atoms with E-state index in [1.165, 1.54) is 12.1 Å². The second-order valence-corrected chi connectivity index (χ2v) is 3.99. The van der Waals surface area contributed by atoms with Crippen LogP contribution in [0.4, 0.5) is 4.39 Å². The van der Waals surface area contributed by atoms with Gasteiger partial charge in [0.15, 0.2) is 6.29 Å². The third-order valence-electron chi connectivity index (χ3n) is 2.64. The Morgan fingerprint density at radius 2 is 2.00 bits per heavy atom. The first-order chi connectivity index (χ1) is 9.13. The van der Waals surface area contributed by atoms with E-state index in [0.29, 0.717) is 17.6 Å². The van der Waals surface area contributed by atoms with Crippen LogP contribution in [0.1, 0.15) is 21.5 Å². The molecule has 2 aromatic rings. The Bertz CT molecular complexity index is 674. The maximum Gasteiger partial charge on any atom is 0.153 e. The minimum atomic E-state index is -0.503. The van der Waals surface area contributed by atoms with E-state index in [9.17, 15) is 9.18 Å². The molecule has 0 amide bonds. The molecule has 94 valence electrons. The maximum atomic E-state index is 13.0. The molecule has 0 fully saturated rings. The van der Waals surface area contributed by atoms with Gasteiger partial charge >= 0.3 is 0 Å². The van der Waals surface area contributed by atoms with E-state index in [0.717, 1.165) is 11.6 Å². The Balaban J connectivity index is 2.41. The zero-order valence-corrected chi connectivity index (χ0v) is 10.2. The molecular weight excluding hydrogens is 245 g/mol. The van der Waals surface area contributed by atoms with Crippen LogP contribution in [0.15, 0.2) is 36.4 Å². The van der Waals surface area contributed by atoms with Crippen LogP contribution < -0.4 is 4.74 Å². The zero-order valence-electron chi connectivity index (χ0n) is 10.2. The standard InChI is InChI=1S/C15H10FNO2/c1-10-2-3-11(8-17)6-15(10)19-14-5-4-13(16)7-12(14)9-18/h2-7,9H,1H3. The van der Waals surface area contributed by atoms with Crippen molar-refractivity contribution in [2.45, 2.75) is 6.92 Å². The number of nitrogens with zero attached hydrogens (tertiary/aromatic N) is 1. The van der Waals surface area contributed by atoms with Crippen molar-refractivity contribution < 1.29 is 13.9 Å². The van der Waals surface area contributed by atoms with Crippen LogP contribution in [0.5, 0.6) is 11.5 Å². The number of hydrogen-bond acceptors (Lipinski definition) is 3. The van der Waals surface area contributed by atoms with Crippen LogP contribution in [0, 0.1) is 24.1 Å². The normalized spacial score (nSPS) is 9.74. The highest BCUT2D eigenvalue weighted by Gasteiger charge is 2.08. The highest BCUT2D eigenvalue weighted by molar-refractivity contribution is 5.79. The van der Waals surface area contributed by atoms with Crippen molar-refractivity contribution >= 4 is 6.29 Å². The van der Waals surface area contributed by atoms with E-state index in [-0.39, 0.29) is 11.3 Å². The fourth-order valence-corrected chi connectivity index (χ4v) is 1.60. The van der Waals surface area contributed by atoms with Crippen LogP contribution in [0.2, 0.25) is 0 Å². The average Bonchev–Trinajstić information content (AvgIpc) is 2.43. The van der Waals surface area contributed by atoms with Crippen molar-refractivity contribution in [1.82, 2.24) is 0 Å². The van der Waals surface area contributed by atoms with Gasteiger partial charge in [0.1, 0.15) is 17.3 Å². The number of rotatable bonds is 3. The van der Waals surface area contributed by atoms with Crippen LogP contribution in [0.25, 0.3) is 0 Å². The van der Waals surface area contributed by atoms with Gasteiger partial charge in [0, 0.05) is 0 Å². The molecule has 0 aliphatic rings. The highest BCUT2D eigenvalue weighted by Crippen LogP contribution is 2.28. The Kier molecular flexibility index (Phi) is 3.58. The molecule has 0 aromatic heterocycles. The summed E-state index contributed by atoms with van der Waals surface area (Å²) in [6.45, 7) is 1.82. The van der Waals surface area contributed by atoms with Crippen LogP contribution in [-0.4, -0.2) is 6.29 Å². The number of ether oxygens (including phenoxy) is 1. The summed E-state index contributed by atoms with van der Waals surface area (Å²) in [5, 5.41) is 8.84. The molecule has 0 atom stereocenters. The van der Waals surface area contributed by atoms with Crippen LogP contribution >= 0.6 is 0 Å². The third kappa shape index (κ3) is 2.78. The van der Waals surface area contributed by atoms with E-state index in [2.05, 4.69) is 0 Å². The van der Waals surface area contributed by atoms with Gasteiger partial charge in [-0.2, -0.15) is 5.26 Å². The lowest BCUT2D eigenvalue weighted by atomic mass is 10.1. The predicted octanol–water partition coefficient (Wildman–Crippen LogP) is 3.61. The first-order valence-corrected chi connectivity index (χ1v) is 5.57. The second kappa shape index (κ2) is 5.32. The Morgan fingerprint density at radius 3 is 2.68 bits per heavy atom. The minimum Gasteiger partial charge on any atom is -0.456 e. The average molecular weight is 255 g/mol. The van der Waals surface area contributed by atoms with Crippen molar-refractivity contribution in [2.24, 2.45) is 0 Å². The predicted molar refractivity (Wildman–Crippen MR) is 67.8 cm³/mol. The number of benzene rings is 2. The molecule has 0 aliphatic heterocycles. The molecule has 0 unspecified atom stereocenters. The number of carbonyl (C=O) groups is 1. The van der Waals surface area contributed by atoms with Gasteiger partial charge < -0.3 is 4.74 Å². The summed E-state index contributed by atoms with van der Waals surface area (Å²) in [5.41, 5.74) is 1.40. The monoisotopic (exact) mass is 255 g/mol. The zero-order chi connectivity index (χ0) is 13.8. The first-order valence-electron chi connectivity index (χ1n) is 5.57. The summed E-state index contributed by atoms with van der Waals surface area (Å²) in [7, 11) is 0. The maximum absolute atomic E-state index is 13.0. The fraction of sp³-hybridized carbons (Fsp3) is 0.0667. The number of carbonyl (C=O) groups excluding carboxylic acids is 1. The van der Waals surface area contributed by atoms with Crippen molar-refractivity contribution in [3.63, 3.8) is 0 Å². The number of hydrogen-bond donors (Lipinski definition) is 0. The number of nitriles is 1. The molecule has 0 radical (unpaired) electrons. The molecule has 4 heteroatoms. The summed E-state index contributed by atoms with van der Waals surface area (Å²) in [6, 6.07) is 10.7. The van der Waals surface area contributed by atoms with Crippen LogP contribution in [0.3, 0.4) is 0 Å². The number of aryl methyl sites for hydroxylation is 1. The van der Waals surface area contributed by atoms with Crippen LogP contribution in [-0.2, 0) is 0 Å². The quantitative estimate of drug-likeness (QED) is 0.787. The third-order valence-corrected chi connectivity index (χ3v) is 2.64. The molecule has 19 heavy (non-hydrogen) atoms. The molecule has 0 saturated carbocycles. The molecular formula is C15H10FNO2. The van der Waals surface area contributed by atoms with Crippen molar-refractivity contribution in [2.75, 3.05) is 0 Å². The summed E-state index contributed by atoms with van der Waals surface area (Å²) in [5.74, 6) is 0.222. The molecule has 0 saturated heterocycles. The summed E-state index contributed by atoms with van der Waals surface area (Å²) < 4.78 is 18.6. The summed E-state index contributed by atoms with van der Waals surface area (Å²) in [6.07, 6.45) is 0.530. The SMILES string of the molecule is Cc1ccc(C#N)cc1Oc1ccc(F)cc1C=O. The summed E-state index contributed by atoms with van der Waals surface area (Å²) >= 11 is 0. The van der Waals surface area contributed by atoms with Gasteiger partial charge in [-0.05, 0) is 42.8 Å². The lowest BCUT2D eigenvalue weighted by Gasteiger charge is -2.10. The Morgan fingerprint density at radius 1 is 1.21 bits per heavy atom. The van der Waals surface area contributed by atoms with Gasteiger partial charge in [0.25, 0.3) is 0 Å². The fourth-order valence-electron chi connectivity index (χ4n) is 1.60. The molecule has 0 aliphatic carbocycles. The molecule has 2 rings (SSSR count). The van der Waals surface area contributed by atoms with E-state index in [1.807, 2.05) is 13.0 Å². The van der Waals surface area contributed by atoms with Gasteiger partial charge in [0.2, 0.25) is 0 Å².